The van der Waals surface area contributed by atoms with Crippen LogP contribution in [0.3, 0.4) is 0 Å². The highest BCUT2D eigenvalue weighted by atomic mass is 16.2. The molecule has 90 heavy (non-hydrogen) atoms. The van der Waals surface area contributed by atoms with E-state index in [1.807, 2.05) is 113 Å². The molecule has 6 saturated heterocycles. The number of hydrogen-bond acceptors (Lipinski definition) is 11. The summed E-state index contributed by atoms with van der Waals surface area (Å²) in [7, 11) is 0. The first-order valence-corrected chi connectivity index (χ1v) is 32.5. The number of carbonyl (C=O) groups excluding carboxylic acids is 11. The molecule has 2 aromatic carbocycles. The summed E-state index contributed by atoms with van der Waals surface area (Å²) in [5, 5.41) is 18.1. The molecule has 0 spiro atoms. The molecular formula is C67H92N12O11. The van der Waals surface area contributed by atoms with E-state index in [0.29, 0.717) is 63.4 Å². The van der Waals surface area contributed by atoms with Gasteiger partial charge in [0.2, 0.25) is 65.0 Å². The summed E-state index contributed by atoms with van der Waals surface area (Å²) in [5.41, 5.74) is 1.71. The molecule has 0 saturated carbocycles. The minimum Gasteiger partial charge on any atom is -0.345 e. The molecule has 6 aliphatic heterocycles. The lowest BCUT2D eigenvalue weighted by atomic mass is 9.99. The second kappa shape index (κ2) is 28.8. The van der Waals surface area contributed by atoms with Crippen LogP contribution in [0.1, 0.15) is 137 Å². The first-order valence-electron chi connectivity index (χ1n) is 32.5. The molecule has 3 aromatic rings. The van der Waals surface area contributed by atoms with E-state index in [1.54, 1.807) is 0 Å². The number of fused-ring (bicyclic) bond motifs is 6. The highest BCUT2D eigenvalue weighted by Gasteiger charge is 2.47. The topological polar surface area (TPSA) is 281 Å². The highest BCUT2D eigenvalue weighted by Crippen LogP contribution is 2.32. The molecular weight excluding hydrogens is 1150 g/mol. The van der Waals surface area contributed by atoms with Crippen molar-refractivity contribution < 1.29 is 52.7 Å². The minimum atomic E-state index is -1.31. The summed E-state index contributed by atoms with van der Waals surface area (Å²) >= 11 is 0. The minimum absolute atomic E-state index is 0.0337. The Morgan fingerprint density at radius 1 is 0.489 bits per heavy atom. The molecule has 1 aromatic heterocycles. The zero-order valence-corrected chi connectivity index (χ0v) is 53.3. The summed E-state index contributed by atoms with van der Waals surface area (Å²) < 4.78 is 2.05. The Bertz CT molecular complexity index is 3220. The number of nitrogens with one attached hydrogen (secondary N) is 6. The second-order valence-electron chi connectivity index (χ2n) is 26.8. The molecule has 0 aliphatic carbocycles. The monoisotopic (exact) mass is 1240 g/mol. The number of aromatic nitrogens is 1. The lowest BCUT2D eigenvalue weighted by Gasteiger charge is -2.34. The highest BCUT2D eigenvalue weighted by molar-refractivity contribution is 6.00. The molecule has 0 radical (unpaired) electrons. The van der Waals surface area contributed by atoms with E-state index in [9.17, 15) is 38.4 Å². The standard InChI is InChI=1S/C67H92N12O11/c1-9-67(7,8)79-39-44(45-22-13-14-23-50(45)79)37-47-58(82)70-46(34-40(2)3)57(81)72-49(36-43-20-11-10-12-21-43)64(88)78-33-19-28-55(78)66(90)76-31-17-26-53(76)61(85)73-48(35-41(4)5)63(87)74-29-15-24-51(74)59(83)68-38-56(80)69-42(6)62(86)77-32-18-27-54(77)65(89)75-30-16-25-52(75)60(84)71-47/h9-14,20-23,39-42,46-49,51-55H,1,15-19,24-38H2,2-8H3,(H,68,83)(H,69,80)(H,70,82)(H,71,84)(H,72,81)(H,73,85)/t42-,46-,47-,48-,49-,51-,52-,53-,54-,55-/m0/s1. The molecule has 10 atom stereocenters. The molecule has 6 fully saturated rings. The Balaban J connectivity index is 1.06. The predicted octanol–water partition coefficient (Wildman–Crippen LogP) is 2.97. The van der Waals surface area contributed by atoms with E-state index in [1.165, 1.54) is 31.4 Å². The van der Waals surface area contributed by atoms with Crippen LogP contribution in [0.15, 0.2) is 73.4 Å². The Morgan fingerprint density at radius 2 is 0.922 bits per heavy atom. The van der Waals surface area contributed by atoms with Crippen LogP contribution in [0, 0.1) is 11.8 Å². The van der Waals surface area contributed by atoms with E-state index in [-0.39, 0.29) is 76.7 Å². The molecule has 0 bridgehead atoms. The van der Waals surface area contributed by atoms with Gasteiger partial charge in [-0.05, 0) is 127 Å². The Morgan fingerprint density at radius 3 is 1.48 bits per heavy atom. The largest absolute Gasteiger partial charge is 0.345 e. The van der Waals surface area contributed by atoms with Crippen LogP contribution in [-0.2, 0) is 71.1 Å². The van der Waals surface area contributed by atoms with Crippen LogP contribution < -0.4 is 31.9 Å². The number of allylic oxidation sites excluding steroid dienone is 1. The van der Waals surface area contributed by atoms with Crippen molar-refractivity contribution in [2.45, 2.75) is 204 Å². The third kappa shape index (κ3) is 14.9. The summed E-state index contributed by atoms with van der Waals surface area (Å²) in [5.74, 6) is -6.43. The van der Waals surface area contributed by atoms with Gasteiger partial charge in [0, 0.05) is 62.7 Å². The maximum atomic E-state index is 15.3. The second-order valence-corrected chi connectivity index (χ2v) is 26.8. The third-order valence-corrected chi connectivity index (χ3v) is 18.9. The maximum absolute atomic E-state index is 15.3. The van der Waals surface area contributed by atoms with E-state index in [2.05, 4.69) is 38.5 Å². The van der Waals surface area contributed by atoms with Gasteiger partial charge in [0.15, 0.2) is 0 Å². The normalized spacial score (nSPS) is 27.9. The van der Waals surface area contributed by atoms with E-state index in [0.717, 1.165) is 16.5 Å². The Kier molecular flexibility index (Phi) is 21.2. The number of benzene rings is 2. The zero-order valence-electron chi connectivity index (χ0n) is 53.3. The van der Waals surface area contributed by atoms with E-state index >= 15 is 14.4 Å². The smallest absolute Gasteiger partial charge is 0.246 e. The van der Waals surface area contributed by atoms with Crippen molar-refractivity contribution in [3.8, 4) is 0 Å². The fraction of sp³-hybridized carbons (Fsp3) is 0.597. The van der Waals surface area contributed by atoms with Crippen LogP contribution in [0.4, 0.5) is 0 Å². The predicted molar refractivity (Wildman–Crippen MR) is 336 cm³/mol. The van der Waals surface area contributed by atoms with Crippen LogP contribution >= 0.6 is 0 Å². The number of amides is 11. The number of carbonyl (C=O) groups is 11. The number of para-hydroxylation sites is 1. The van der Waals surface area contributed by atoms with Crippen molar-refractivity contribution >= 4 is 75.9 Å². The Hall–Kier alpha value is -8.11. The average Bonchev–Trinajstić information content (AvgIpc) is 1.68. The van der Waals surface area contributed by atoms with Crippen molar-refractivity contribution in [2.24, 2.45) is 11.8 Å². The van der Waals surface area contributed by atoms with Gasteiger partial charge in [-0.25, -0.2) is 0 Å². The summed E-state index contributed by atoms with van der Waals surface area (Å²) in [4.78, 5) is 168. The van der Waals surface area contributed by atoms with Crippen molar-refractivity contribution in [1.82, 2.24) is 61.0 Å². The molecule has 11 amide bonds. The third-order valence-electron chi connectivity index (χ3n) is 18.9. The van der Waals surface area contributed by atoms with Crippen LogP contribution in [0.25, 0.3) is 10.9 Å². The van der Waals surface area contributed by atoms with Gasteiger partial charge in [-0.3, -0.25) is 52.7 Å². The van der Waals surface area contributed by atoms with Gasteiger partial charge in [-0.1, -0.05) is 82.3 Å². The molecule has 486 valence electrons. The zero-order chi connectivity index (χ0) is 64.7. The van der Waals surface area contributed by atoms with Gasteiger partial charge in [-0.15, -0.1) is 6.58 Å². The van der Waals surface area contributed by atoms with Gasteiger partial charge in [0.05, 0.1) is 12.1 Å². The maximum Gasteiger partial charge on any atom is 0.246 e. The Labute approximate surface area is 527 Å². The molecule has 23 heteroatoms. The van der Waals surface area contributed by atoms with Crippen LogP contribution in [0.5, 0.6) is 0 Å². The fourth-order valence-corrected chi connectivity index (χ4v) is 14.1. The molecule has 6 aliphatic rings. The van der Waals surface area contributed by atoms with Crippen LogP contribution in [-0.4, -0.2) is 194 Å². The lowest BCUT2D eigenvalue weighted by molar-refractivity contribution is -0.148. The number of nitrogens with zero attached hydrogens (tertiary/aromatic N) is 6. The first-order chi connectivity index (χ1) is 43.0. The van der Waals surface area contributed by atoms with Crippen molar-refractivity contribution in [1.29, 1.82) is 0 Å². The average molecular weight is 1240 g/mol. The summed E-state index contributed by atoms with van der Waals surface area (Å²) in [6.07, 6.45) is 7.90. The van der Waals surface area contributed by atoms with E-state index < -0.39 is 137 Å². The van der Waals surface area contributed by atoms with Crippen molar-refractivity contribution in [2.75, 3.05) is 39.3 Å². The van der Waals surface area contributed by atoms with E-state index in [4.69, 9.17) is 0 Å². The molecule has 0 unspecified atom stereocenters. The van der Waals surface area contributed by atoms with Crippen molar-refractivity contribution in [3.63, 3.8) is 0 Å². The molecule has 9 rings (SSSR count). The SMILES string of the molecule is C=CC(C)(C)n1cc(C[C@@H]2NC(=O)[C@@H]3CCCN3C(=O)[C@@H]3CCCN3C(=O)[C@H](C)NC(=O)CNC(=O)[C@@H]3CCCN3C(=O)[C@H](CC(C)C)NC(=O)[C@@H]3CCCN3C(=O)[C@@H]3CCCN3C(=O)[C@H](Cc3ccccc3)NC(=O)[C@H](CC(C)C)NC2=O)c2ccccc21. The van der Waals surface area contributed by atoms with Crippen molar-refractivity contribution in [3.05, 3.63) is 84.6 Å². The summed E-state index contributed by atoms with van der Waals surface area (Å²) in [6, 6.07) is 5.97. The van der Waals surface area contributed by atoms with Gasteiger partial charge in [0.1, 0.15) is 60.4 Å². The molecule has 6 N–H and O–H groups in total. The first kappa shape index (κ1) is 66.3. The fourth-order valence-electron chi connectivity index (χ4n) is 14.1. The van der Waals surface area contributed by atoms with Gasteiger partial charge < -0.3 is 61.0 Å². The molecule has 23 nitrogen and oxygen atoms in total. The quantitative estimate of drug-likeness (QED) is 0.161. The molecule has 7 heterocycles. The number of rotatable bonds is 10. The lowest BCUT2D eigenvalue weighted by Crippen LogP contribution is -2.60. The van der Waals surface area contributed by atoms with Gasteiger partial charge in [0.25, 0.3) is 0 Å². The number of hydrogen-bond donors (Lipinski definition) is 6. The van der Waals surface area contributed by atoms with Gasteiger partial charge >= 0.3 is 0 Å². The summed E-state index contributed by atoms with van der Waals surface area (Å²) in [6.45, 7) is 17.7. The van der Waals surface area contributed by atoms with Crippen LogP contribution in [0.2, 0.25) is 0 Å². The van der Waals surface area contributed by atoms with Gasteiger partial charge in [-0.2, -0.15) is 0 Å².